The number of benzene rings is 1. The number of aromatic nitrogens is 5. The minimum Gasteiger partial charge on any atom is -0.478 e. The fourth-order valence-corrected chi connectivity index (χ4v) is 2.49. The smallest absolute Gasteiger partial charge is 0.416 e. The SMILES string of the molecule is Cc1cc(-c2ncn(C=C(C(=O)O)c3cnn(C)c3)n2)cc(C(F)(F)F)c1. The van der Waals surface area contributed by atoms with Crippen LogP contribution in [0.5, 0.6) is 0 Å². The fraction of sp³-hybridized carbons (Fsp3) is 0.176. The summed E-state index contributed by atoms with van der Waals surface area (Å²) in [6.45, 7) is 1.54. The van der Waals surface area contributed by atoms with Gasteiger partial charge in [0.2, 0.25) is 0 Å². The first-order valence-corrected chi connectivity index (χ1v) is 7.68. The van der Waals surface area contributed by atoms with Crippen LogP contribution in [0.15, 0.2) is 36.9 Å². The molecule has 0 saturated carbocycles. The van der Waals surface area contributed by atoms with Crippen molar-refractivity contribution in [2.24, 2.45) is 7.05 Å². The summed E-state index contributed by atoms with van der Waals surface area (Å²) in [7, 11) is 1.65. The van der Waals surface area contributed by atoms with E-state index < -0.39 is 17.7 Å². The van der Waals surface area contributed by atoms with Crippen LogP contribution < -0.4 is 0 Å². The minimum atomic E-state index is -4.49. The number of nitrogens with zero attached hydrogens (tertiary/aromatic N) is 5. The van der Waals surface area contributed by atoms with Gasteiger partial charge in [-0.25, -0.2) is 14.5 Å². The largest absolute Gasteiger partial charge is 0.478 e. The van der Waals surface area contributed by atoms with Gasteiger partial charge in [-0.2, -0.15) is 18.3 Å². The molecule has 140 valence electrons. The molecule has 3 aromatic rings. The summed E-state index contributed by atoms with van der Waals surface area (Å²) >= 11 is 0. The van der Waals surface area contributed by atoms with Crippen molar-refractivity contribution in [3.05, 3.63) is 53.6 Å². The molecule has 0 aliphatic rings. The standard InChI is InChI=1S/C17H14F3N5O2/c1-10-3-11(5-13(4-10)17(18,19)20)15-21-9-25(23-15)8-14(16(26)27)12-6-22-24(2)7-12/h3-9H,1-2H3,(H,26,27). The van der Waals surface area contributed by atoms with Gasteiger partial charge in [-0.3, -0.25) is 4.68 Å². The maximum Gasteiger partial charge on any atom is 0.416 e. The van der Waals surface area contributed by atoms with E-state index in [0.29, 0.717) is 11.1 Å². The van der Waals surface area contributed by atoms with Crippen LogP contribution in [0.4, 0.5) is 13.2 Å². The lowest BCUT2D eigenvalue weighted by atomic mass is 10.1. The van der Waals surface area contributed by atoms with Gasteiger partial charge in [-0.1, -0.05) is 0 Å². The number of hydrogen-bond donors (Lipinski definition) is 1. The molecule has 2 aromatic heterocycles. The van der Waals surface area contributed by atoms with Crippen LogP contribution >= 0.6 is 0 Å². The lowest BCUT2D eigenvalue weighted by Crippen LogP contribution is -2.05. The average molecular weight is 377 g/mol. The summed E-state index contributed by atoms with van der Waals surface area (Å²) in [4.78, 5) is 15.5. The summed E-state index contributed by atoms with van der Waals surface area (Å²) in [5.41, 5.74) is 0.0729. The first-order chi connectivity index (χ1) is 12.6. The van der Waals surface area contributed by atoms with Gasteiger partial charge in [0, 0.05) is 30.6 Å². The second-order valence-electron chi connectivity index (χ2n) is 5.88. The average Bonchev–Trinajstić information content (AvgIpc) is 3.20. The Morgan fingerprint density at radius 2 is 2.00 bits per heavy atom. The zero-order valence-electron chi connectivity index (χ0n) is 14.3. The molecule has 3 rings (SSSR count). The molecule has 0 saturated heterocycles. The number of aliphatic carboxylic acids is 1. The summed E-state index contributed by atoms with van der Waals surface area (Å²) in [6, 6.07) is 3.51. The van der Waals surface area contributed by atoms with Crippen LogP contribution in [0, 0.1) is 6.92 Å². The molecular weight excluding hydrogens is 363 g/mol. The number of rotatable bonds is 4. The Balaban J connectivity index is 1.99. The maximum atomic E-state index is 13.0. The Labute approximate surface area is 151 Å². The van der Waals surface area contributed by atoms with E-state index in [1.807, 2.05) is 0 Å². The molecule has 0 bridgehead atoms. The Hall–Kier alpha value is -3.43. The molecule has 1 N–H and O–H groups in total. The van der Waals surface area contributed by atoms with E-state index in [0.717, 1.165) is 16.8 Å². The van der Waals surface area contributed by atoms with E-state index in [2.05, 4.69) is 15.2 Å². The molecule has 0 spiro atoms. The summed E-state index contributed by atoms with van der Waals surface area (Å²) < 4.78 is 41.6. The predicted molar refractivity (Wildman–Crippen MR) is 90.2 cm³/mol. The first kappa shape index (κ1) is 18.4. The minimum absolute atomic E-state index is 0.0522. The van der Waals surface area contributed by atoms with Crippen LogP contribution in [0.2, 0.25) is 0 Å². The van der Waals surface area contributed by atoms with E-state index in [4.69, 9.17) is 0 Å². The topological polar surface area (TPSA) is 85.8 Å². The number of hydrogen-bond acceptors (Lipinski definition) is 4. The molecule has 10 heteroatoms. The molecule has 2 heterocycles. The number of carbonyl (C=O) groups is 1. The summed E-state index contributed by atoms with van der Waals surface area (Å²) in [6.07, 6.45) is 0.864. The van der Waals surface area contributed by atoms with Gasteiger partial charge in [0.15, 0.2) is 5.82 Å². The summed E-state index contributed by atoms with van der Waals surface area (Å²) in [5.74, 6) is -1.15. The molecule has 27 heavy (non-hydrogen) atoms. The van der Waals surface area contributed by atoms with Crippen molar-refractivity contribution in [2.45, 2.75) is 13.1 Å². The van der Waals surface area contributed by atoms with Crippen molar-refractivity contribution in [1.82, 2.24) is 24.5 Å². The number of aryl methyl sites for hydroxylation is 2. The monoisotopic (exact) mass is 377 g/mol. The molecule has 0 radical (unpaired) electrons. The molecule has 0 aliphatic heterocycles. The highest BCUT2D eigenvalue weighted by Crippen LogP contribution is 2.32. The second kappa shape index (κ2) is 6.71. The van der Waals surface area contributed by atoms with Crippen LogP contribution in [-0.4, -0.2) is 35.6 Å². The van der Waals surface area contributed by atoms with E-state index >= 15 is 0 Å². The number of carboxylic acid groups (broad SMARTS) is 1. The zero-order chi connectivity index (χ0) is 19.8. The van der Waals surface area contributed by atoms with E-state index in [9.17, 15) is 23.1 Å². The summed E-state index contributed by atoms with van der Waals surface area (Å²) in [5, 5.41) is 17.4. The van der Waals surface area contributed by atoms with Gasteiger partial charge in [-0.05, 0) is 30.7 Å². The second-order valence-corrected chi connectivity index (χ2v) is 5.88. The van der Waals surface area contributed by atoms with Gasteiger partial charge < -0.3 is 5.11 Å². The van der Waals surface area contributed by atoms with Crippen molar-refractivity contribution in [2.75, 3.05) is 0 Å². The molecule has 0 amide bonds. The third-order valence-corrected chi connectivity index (χ3v) is 3.68. The van der Waals surface area contributed by atoms with E-state index in [-0.39, 0.29) is 17.0 Å². The molecule has 0 fully saturated rings. The lowest BCUT2D eigenvalue weighted by Gasteiger charge is -2.09. The molecule has 7 nitrogen and oxygen atoms in total. The van der Waals surface area contributed by atoms with Gasteiger partial charge in [0.05, 0.1) is 17.3 Å². The molecule has 1 aromatic carbocycles. The van der Waals surface area contributed by atoms with Crippen LogP contribution in [-0.2, 0) is 18.0 Å². The fourth-order valence-electron chi connectivity index (χ4n) is 2.49. The van der Waals surface area contributed by atoms with Gasteiger partial charge in [0.25, 0.3) is 0 Å². The zero-order valence-corrected chi connectivity index (χ0v) is 14.3. The highest BCUT2D eigenvalue weighted by molar-refractivity contribution is 6.19. The highest BCUT2D eigenvalue weighted by Gasteiger charge is 2.31. The number of alkyl halides is 3. The Morgan fingerprint density at radius 3 is 2.59 bits per heavy atom. The van der Waals surface area contributed by atoms with Gasteiger partial charge in [-0.15, -0.1) is 5.10 Å². The Bertz CT molecular complexity index is 1030. The third kappa shape index (κ3) is 4.05. The Morgan fingerprint density at radius 1 is 1.26 bits per heavy atom. The predicted octanol–water partition coefficient (Wildman–Crippen LogP) is 3.09. The molecule has 0 atom stereocenters. The van der Waals surface area contributed by atoms with E-state index in [1.165, 1.54) is 35.7 Å². The molecular formula is C17H14F3N5O2. The van der Waals surface area contributed by atoms with Gasteiger partial charge in [0.1, 0.15) is 6.33 Å². The van der Waals surface area contributed by atoms with Crippen molar-refractivity contribution >= 4 is 17.7 Å². The van der Waals surface area contributed by atoms with Crippen molar-refractivity contribution in [3.63, 3.8) is 0 Å². The van der Waals surface area contributed by atoms with Crippen LogP contribution in [0.25, 0.3) is 23.2 Å². The quantitative estimate of drug-likeness (QED) is 0.706. The van der Waals surface area contributed by atoms with Gasteiger partial charge >= 0.3 is 12.1 Å². The van der Waals surface area contributed by atoms with Crippen molar-refractivity contribution < 1.29 is 23.1 Å². The lowest BCUT2D eigenvalue weighted by molar-refractivity contribution is -0.137. The third-order valence-electron chi connectivity index (χ3n) is 3.68. The van der Waals surface area contributed by atoms with E-state index in [1.54, 1.807) is 14.0 Å². The number of carboxylic acids is 1. The number of halogens is 3. The van der Waals surface area contributed by atoms with Crippen molar-refractivity contribution in [3.8, 4) is 11.4 Å². The Kier molecular flexibility index (Phi) is 4.56. The van der Waals surface area contributed by atoms with Crippen LogP contribution in [0.1, 0.15) is 16.7 Å². The maximum absolute atomic E-state index is 13.0. The highest BCUT2D eigenvalue weighted by atomic mass is 19.4. The molecule has 0 unspecified atom stereocenters. The van der Waals surface area contributed by atoms with Crippen LogP contribution in [0.3, 0.4) is 0 Å². The normalized spacial score (nSPS) is 12.4. The first-order valence-electron chi connectivity index (χ1n) is 7.68. The van der Waals surface area contributed by atoms with Crippen molar-refractivity contribution in [1.29, 1.82) is 0 Å². The molecule has 0 aliphatic carbocycles.